The van der Waals surface area contributed by atoms with Gasteiger partial charge in [0.15, 0.2) is 11.9 Å². The minimum Gasteiger partial charge on any atom is -0.470 e. The summed E-state index contributed by atoms with van der Waals surface area (Å²) in [7, 11) is 0. The molecule has 23 heavy (non-hydrogen) atoms. The molecule has 1 saturated carbocycles. The summed E-state index contributed by atoms with van der Waals surface area (Å²) in [4.78, 5) is 11.9. The molecule has 1 aliphatic carbocycles. The third-order valence-corrected chi connectivity index (χ3v) is 6.41. The van der Waals surface area contributed by atoms with Gasteiger partial charge in [-0.3, -0.25) is 0 Å². The van der Waals surface area contributed by atoms with Crippen molar-refractivity contribution in [3.05, 3.63) is 12.3 Å². The maximum atomic E-state index is 6.26. The van der Waals surface area contributed by atoms with Gasteiger partial charge in [-0.05, 0) is 44.9 Å². The number of fused-ring (bicyclic) bond motifs is 2. The SMILES string of the molecule is C=C(C)OC1O[C@@H]2O[C@]3(C)CC[C@H]4[C@H](C)CCC([C@H]1C)[C@@]24OO3. The van der Waals surface area contributed by atoms with E-state index in [2.05, 4.69) is 20.4 Å². The van der Waals surface area contributed by atoms with Crippen LogP contribution in [0.25, 0.3) is 0 Å². The van der Waals surface area contributed by atoms with Crippen LogP contribution >= 0.6 is 0 Å². The highest BCUT2D eigenvalue weighted by Gasteiger charge is 2.69. The summed E-state index contributed by atoms with van der Waals surface area (Å²) < 4.78 is 18.4. The van der Waals surface area contributed by atoms with Crippen LogP contribution in [0, 0.1) is 23.7 Å². The topological polar surface area (TPSA) is 46.2 Å². The molecule has 0 aromatic carbocycles. The molecule has 4 saturated heterocycles. The Hall–Kier alpha value is -0.620. The molecule has 2 bridgehead atoms. The molecular formula is C18H28O5. The third-order valence-electron chi connectivity index (χ3n) is 6.41. The highest BCUT2D eigenvalue weighted by Crippen LogP contribution is 2.60. The smallest absolute Gasteiger partial charge is 0.205 e. The van der Waals surface area contributed by atoms with Crippen molar-refractivity contribution in [2.75, 3.05) is 0 Å². The first-order valence-electron chi connectivity index (χ1n) is 8.88. The zero-order valence-electron chi connectivity index (χ0n) is 14.5. The second-order valence-corrected chi connectivity index (χ2v) is 8.09. The maximum absolute atomic E-state index is 6.26. The van der Waals surface area contributed by atoms with Gasteiger partial charge in [0.05, 0.1) is 5.76 Å². The van der Waals surface area contributed by atoms with Crippen molar-refractivity contribution < 1.29 is 24.0 Å². The highest BCUT2D eigenvalue weighted by molar-refractivity contribution is 5.09. The molecule has 0 N–H and O–H groups in total. The van der Waals surface area contributed by atoms with Crippen LogP contribution in [0.4, 0.5) is 0 Å². The summed E-state index contributed by atoms with van der Waals surface area (Å²) in [6, 6.07) is 0. The van der Waals surface area contributed by atoms with Crippen LogP contribution in [-0.4, -0.2) is 24.0 Å². The van der Waals surface area contributed by atoms with Crippen LogP contribution < -0.4 is 0 Å². The van der Waals surface area contributed by atoms with Crippen molar-refractivity contribution in [2.45, 2.75) is 77.3 Å². The quantitative estimate of drug-likeness (QED) is 0.572. The molecule has 0 radical (unpaired) electrons. The Morgan fingerprint density at radius 3 is 2.65 bits per heavy atom. The molecule has 0 amide bonds. The van der Waals surface area contributed by atoms with Gasteiger partial charge in [0.2, 0.25) is 12.1 Å². The van der Waals surface area contributed by atoms with E-state index in [1.807, 2.05) is 13.8 Å². The van der Waals surface area contributed by atoms with Gasteiger partial charge in [-0.1, -0.05) is 20.4 Å². The molecule has 8 atom stereocenters. The van der Waals surface area contributed by atoms with Crippen LogP contribution in [0.2, 0.25) is 0 Å². The molecule has 4 heterocycles. The summed E-state index contributed by atoms with van der Waals surface area (Å²) in [6.07, 6.45) is 3.38. The van der Waals surface area contributed by atoms with E-state index in [1.165, 1.54) is 6.42 Å². The number of allylic oxidation sites excluding steroid dienone is 1. The molecule has 4 aliphatic heterocycles. The van der Waals surface area contributed by atoms with Crippen molar-refractivity contribution in [2.24, 2.45) is 23.7 Å². The fraction of sp³-hybridized carbons (Fsp3) is 0.889. The van der Waals surface area contributed by atoms with E-state index in [9.17, 15) is 0 Å². The van der Waals surface area contributed by atoms with Gasteiger partial charge in [0, 0.05) is 18.3 Å². The first kappa shape index (κ1) is 15.9. The van der Waals surface area contributed by atoms with Crippen molar-refractivity contribution in [3.63, 3.8) is 0 Å². The Balaban J connectivity index is 1.74. The highest BCUT2D eigenvalue weighted by atomic mass is 17.3. The number of hydrogen-bond donors (Lipinski definition) is 0. The van der Waals surface area contributed by atoms with Crippen LogP contribution in [0.5, 0.6) is 0 Å². The predicted octanol–water partition coefficient (Wildman–Crippen LogP) is 3.74. The second-order valence-electron chi connectivity index (χ2n) is 8.09. The monoisotopic (exact) mass is 324 g/mol. The Kier molecular flexibility index (Phi) is 3.58. The van der Waals surface area contributed by atoms with Crippen molar-refractivity contribution in [1.82, 2.24) is 0 Å². The van der Waals surface area contributed by atoms with Gasteiger partial charge in [-0.2, -0.15) is 0 Å². The van der Waals surface area contributed by atoms with Gasteiger partial charge in [0.25, 0.3) is 0 Å². The van der Waals surface area contributed by atoms with E-state index >= 15 is 0 Å². The molecular weight excluding hydrogens is 296 g/mol. The molecule has 2 unspecified atom stereocenters. The average molecular weight is 324 g/mol. The molecule has 5 aliphatic rings. The summed E-state index contributed by atoms with van der Waals surface area (Å²) in [5.41, 5.74) is -0.512. The molecule has 5 nitrogen and oxygen atoms in total. The van der Waals surface area contributed by atoms with E-state index in [-0.39, 0.29) is 12.2 Å². The van der Waals surface area contributed by atoms with Gasteiger partial charge >= 0.3 is 0 Å². The molecule has 0 aromatic heterocycles. The predicted molar refractivity (Wildman–Crippen MR) is 82.7 cm³/mol. The van der Waals surface area contributed by atoms with E-state index in [0.29, 0.717) is 23.5 Å². The summed E-state index contributed by atoms with van der Waals surface area (Å²) in [5.74, 6) is 1.41. The lowest BCUT2D eigenvalue weighted by Crippen LogP contribution is -2.70. The number of ether oxygens (including phenoxy) is 3. The van der Waals surface area contributed by atoms with Gasteiger partial charge < -0.3 is 14.2 Å². The lowest BCUT2D eigenvalue weighted by molar-refractivity contribution is -0.576. The van der Waals surface area contributed by atoms with Crippen molar-refractivity contribution in [1.29, 1.82) is 0 Å². The lowest BCUT2D eigenvalue weighted by atomic mass is 9.58. The maximum Gasteiger partial charge on any atom is 0.205 e. The largest absolute Gasteiger partial charge is 0.470 e. The van der Waals surface area contributed by atoms with Crippen LogP contribution in [-0.2, 0) is 24.0 Å². The van der Waals surface area contributed by atoms with E-state index in [1.54, 1.807) is 0 Å². The molecule has 1 spiro atoms. The first-order chi connectivity index (χ1) is 10.9. The number of hydrogen-bond acceptors (Lipinski definition) is 5. The van der Waals surface area contributed by atoms with E-state index in [0.717, 1.165) is 19.3 Å². The van der Waals surface area contributed by atoms with Crippen LogP contribution in [0.3, 0.4) is 0 Å². The average Bonchev–Trinajstić information content (AvgIpc) is 2.70. The summed E-state index contributed by atoms with van der Waals surface area (Å²) in [6.45, 7) is 12.1. The molecule has 5 rings (SSSR count). The first-order valence-corrected chi connectivity index (χ1v) is 8.88. The van der Waals surface area contributed by atoms with Crippen molar-refractivity contribution in [3.8, 4) is 0 Å². The molecule has 130 valence electrons. The zero-order valence-corrected chi connectivity index (χ0v) is 14.5. The fourth-order valence-electron chi connectivity index (χ4n) is 5.20. The summed E-state index contributed by atoms with van der Waals surface area (Å²) in [5, 5.41) is 0. The minimum absolute atomic E-state index is 0.201. The molecule has 0 aromatic rings. The van der Waals surface area contributed by atoms with Crippen LogP contribution in [0.1, 0.15) is 53.4 Å². The van der Waals surface area contributed by atoms with Gasteiger partial charge in [-0.25, -0.2) is 9.78 Å². The standard InChI is InChI=1S/C18H28O5/c1-10(2)19-15-12(4)14-7-6-11(3)13-8-9-17(5)21-16(20-15)18(13,14)23-22-17/h11-16H,1,6-9H2,2-5H3/t11-,12-,13+,14?,15?,16-,17+,18-/m1/s1. The Morgan fingerprint density at radius 1 is 1.13 bits per heavy atom. The minimum atomic E-state index is -0.730. The Bertz CT molecular complexity index is 508. The number of rotatable bonds is 2. The van der Waals surface area contributed by atoms with E-state index < -0.39 is 17.7 Å². The second kappa shape index (κ2) is 5.19. The summed E-state index contributed by atoms with van der Waals surface area (Å²) >= 11 is 0. The molecule has 5 fully saturated rings. The molecule has 5 heteroatoms. The van der Waals surface area contributed by atoms with Crippen LogP contribution in [0.15, 0.2) is 12.3 Å². The van der Waals surface area contributed by atoms with Crippen molar-refractivity contribution >= 4 is 0 Å². The Morgan fingerprint density at radius 2 is 1.91 bits per heavy atom. The fourth-order valence-corrected chi connectivity index (χ4v) is 5.20. The van der Waals surface area contributed by atoms with E-state index in [4.69, 9.17) is 24.0 Å². The van der Waals surface area contributed by atoms with Gasteiger partial charge in [0.1, 0.15) is 0 Å². The lowest BCUT2D eigenvalue weighted by Gasteiger charge is -2.60. The third kappa shape index (κ3) is 2.20. The zero-order chi connectivity index (χ0) is 16.4. The Labute approximate surface area is 138 Å². The normalized spacial score (nSPS) is 55.0. The van der Waals surface area contributed by atoms with Gasteiger partial charge in [-0.15, -0.1) is 0 Å².